The monoisotopic (exact) mass is 452 g/mol. The van der Waals surface area contributed by atoms with E-state index in [9.17, 15) is 13.2 Å². The van der Waals surface area contributed by atoms with Crippen LogP contribution in [0.15, 0.2) is 65.6 Å². The Morgan fingerprint density at radius 3 is 2.22 bits per heavy atom. The van der Waals surface area contributed by atoms with Gasteiger partial charge in [0.05, 0.1) is 28.5 Å². The summed E-state index contributed by atoms with van der Waals surface area (Å²) in [4.78, 5) is 13.2. The maximum atomic E-state index is 12.9. The molecule has 1 aliphatic rings. The largest absolute Gasteiger partial charge is 0.323 e. The summed E-state index contributed by atoms with van der Waals surface area (Å²) in [6.07, 6.45) is 0.988. The molecule has 1 amide bonds. The van der Waals surface area contributed by atoms with Crippen molar-refractivity contribution < 1.29 is 13.2 Å². The highest BCUT2D eigenvalue weighted by Gasteiger charge is 2.32. The lowest BCUT2D eigenvalue weighted by Gasteiger charge is -2.30. The highest BCUT2D eigenvalue weighted by Crippen LogP contribution is 2.26. The lowest BCUT2D eigenvalue weighted by atomic mass is 9.97. The number of benzene rings is 2. The van der Waals surface area contributed by atoms with Gasteiger partial charge in [0.25, 0.3) is 0 Å². The van der Waals surface area contributed by atoms with Gasteiger partial charge in [0.2, 0.25) is 15.9 Å². The SMILES string of the molecule is Cc1nn(Cc2ccccc2)c(C)c1NC(=O)C1CCN(S(=O)(=O)c2ccccc2)CC1. The molecule has 1 fully saturated rings. The lowest BCUT2D eigenvalue weighted by molar-refractivity contribution is -0.120. The van der Waals surface area contributed by atoms with Gasteiger partial charge in [-0.2, -0.15) is 9.40 Å². The first-order valence-corrected chi connectivity index (χ1v) is 12.2. The Kier molecular flexibility index (Phi) is 6.43. The molecule has 7 nitrogen and oxygen atoms in total. The quantitative estimate of drug-likeness (QED) is 0.620. The summed E-state index contributed by atoms with van der Waals surface area (Å²) >= 11 is 0. The maximum absolute atomic E-state index is 12.9. The van der Waals surface area contributed by atoms with E-state index in [1.54, 1.807) is 30.3 Å². The summed E-state index contributed by atoms with van der Waals surface area (Å²) in [5.74, 6) is -0.305. The van der Waals surface area contributed by atoms with Gasteiger partial charge in [0.1, 0.15) is 0 Å². The number of aromatic nitrogens is 2. The van der Waals surface area contributed by atoms with E-state index >= 15 is 0 Å². The van der Waals surface area contributed by atoms with Gasteiger partial charge in [0.15, 0.2) is 0 Å². The van der Waals surface area contributed by atoms with Gasteiger partial charge >= 0.3 is 0 Å². The van der Waals surface area contributed by atoms with E-state index in [2.05, 4.69) is 10.4 Å². The van der Waals surface area contributed by atoms with Gasteiger partial charge in [-0.1, -0.05) is 48.5 Å². The molecule has 0 saturated carbocycles. The Morgan fingerprint density at radius 2 is 1.59 bits per heavy atom. The number of anilines is 1. The molecule has 0 radical (unpaired) electrons. The van der Waals surface area contributed by atoms with Gasteiger partial charge in [-0.05, 0) is 44.4 Å². The van der Waals surface area contributed by atoms with Crippen LogP contribution < -0.4 is 5.32 Å². The van der Waals surface area contributed by atoms with Crippen molar-refractivity contribution in [1.29, 1.82) is 0 Å². The van der Waals surface area contributed by atoms with Crippen molar-refractivity contribution in [2.24, 2.45) is 5.92 Å². The van der Waals surface area contributed by atoms with Crippen LogP contribution in [0, 0.1) is 19.8 Å². The fraction of sp³-hybridized carbons (Fsp3) is 0.333. The minimum absolute atomic E-state index is 0.0766. The summed E-state index contributed by atoms with van der Waals surface area (Å²) < 4.78 is 29.0. The summed E-state index contributed by atoms with van der Waals surface area (Å²) in [5.41, 5.74) is 3.56. The standard InChI is InChI=1S/C24H28N4O3S/c1-18-23(19(2)28(26-18)17-20-9-5-3-6-10-20)25-24(29)21-13-15-27(16-14-21)32(30,31)22-11-7-4-8-12-22/h3-12,21H,13-17H2,1-2H3,(H,25,29). The lowest BCUT2D eigenvalue weighted by Crippen LogP contribution is -2.41. The zero-order chi connectivity index (χ0) is 22.7. The van der Waals surface area contributed by atoms with Crippen LogP contribution in [0.25, 0.3) is 0 Å². The number of hydrogen-bond acceptors (Lipinski definition) is 4. The van der Waals surface area contributed by atoms with Gasteiger partial charge in [-0.25, -0.2) is 8.42 Å². The van der Waals surface area contributed by atoms with E-state index in [0.717, 1.165) is 22.6 Å². The number of rotatable bonds is 6. The van der Waals surface area contributed by atoms with Gasteiger partial charge in [-0.3, -0.25) is 9.48 Å². The van der Waals surface area contributed by atoms with Crippen molar-refractivity contribution in [3.05, 3.63) is 77.6 Å². The van der Waals surface area contributed by atoms with Gasteiger partial charge in [0, 0.05) is 19.0 Å². The summed E-state index contributed by atoms with van der Waals surface area (Å²) in [5, 5.41) is 7.65. The van der Waals surface area contributed by atoms with Crippen molar-refractivity contribution in [3.8, 4) is 0 Å². The normalized spacial score (nSPS) is 15.6. The first-order chi connectivity index (χ1) is 15.4. The third-order valence-electron chi connectivity index (χ3n) is 6.01. The third-order valence-corrected chi connectivity index (χ3v) is 7.92. The molecule has 0 bridgehead atoms. The van der Waals surface area contributed by atoms with E-state index in [1.165, 1.54) is 4.31 Å². The number of nitrogens with one attached hydrogen (secondary N) is 1. The van der Waals surface area contributed by atoms with Crippen LogP contribution in [0.2, 0.25) is 0 Å². The minimum Gasteiger partial charge on any atom is -0.323 e. The molecule has 8 heteroatoms. The van der Waals surface area contributed by atoms with Crippen LogP contribution in [0.3, 0.4) is 0 Å². The van der Waals surface area contributed by atoms with Crippen molar-refractivity contribution in [1.82, 2.24) is 14.1 Å². The fourth-order valence-corrected chi connectivity index (χ4v) is 5.60. The molecule has 0 unspecified atom stereocenters. The molecule has 1 saturated heterocycles. The predicted octanol–water partition coefficient (Wildman–Crippen LogP) is 3.59. The van der Waals surface area contributed by atoms with Crippen LogP contribution in [-0.2, 0) is 21.4 Å². The van der Waals surface area contributed by atoms with E-state index in [-0.39, 0.29) is 11.8 Å². The van der Waals surface area contributed by atoms with Crippen molar-refractivity contribution in [2.45, 2.75) is 38.1 Å². The highest BCUT2D eigenvalue weighted by molar-refractivity contribution is 7.89. The number of piperidine rings is 1. The number of hydrogen-bond donors (Lipinski definition) is 1. The molecular weight excluding hydrogens is 424 g/mol. The number of amides is 1. The summed E-state index contributed by atoms with van der Waals surface area (Å²) in [6.45, 7) is 5.15. The molecule has 1 aromatic heterocycles. The number of sulfonamides is 1. The smallest absolute Gasteiger partial charge is 0.243 e. The predicted molar refractivity (Wildman–Crippen MR) is 124 cm³/mol. The summed E-state index contributed by atoms with van der Waals surface area (Å²) in [6, 6.07) is 18.5. The van der Waals surface area contributed by atoms with Crippen molar-refractivity contribution >= 4 is 21.6 Å². The number of carbonyl (C=O) groups is 1. The van der Waals surface area contributed by atoms with E-state index in [1.807, 2.05) is 48.9 Å². The average Bonchev–Trinajstić information content (AvgIpc) is 3.07. The molecule has 32 heavy (non-hydrogen) atoms. The van der Waals surface area contributed by atoms with Crippen molar-refractivity contribution in [2.75, 3.05) is 18.4 Å². The molecule has 1 N–H and O–H groups in total. The zero-order valence-corrected chi connectivity index (χ0v) is 19.2. The molecule has 1 aliphatic heterocycles. The molecule has 2 heterocycles. The molecule has 3 aromatic rings. The topological polar surface area (TPSA) is 84.3 Å². The Labute approximate surface area is 189 Å². The van der Waals surface area contributed by atoms with Gasteiger partial charge < -0.3 is 5.32 Å². The number of aryl methyl sites for hydroxylation is 1. The van der Waals surface area contributed by atoms with Crippen molar-refractivity contribution in [3.63, 3.8) is 0 Å². The Balaban J connectivity index is 1.39. The molecule has 0 atom stereocenters. The first-order valence-electron chi connectivity index (χ1n) is 10.8. The first kappa shape index (κ1) is 22.2. The minimum atomic E-state index is -3.52. The van der Waals surface area contributed by atoms with Gasteiger partial charge in [-0.15, -0.1) is 0 Å². The highest BCUT2D eigenvalue weighted by atomic mass is 32.2. The van der Waals surface area contributed by atoms with E-state index in [0.29, 0.717) is 37.4 Å². The van der Waals surface area contributed by atoms with E-state index < -0.39 is 10.0 Å². The molecule has 0 aliphatic carbocycles. The third kappa shape index (κ3) is 4.61. The Bertz CT molecular complexity index is 1180. The second kappa shape index (κ2) is 9.26. The molecule has 0 spiro atoms. The Hall–Kier alpha value is -2.97. The summed E-state index contributed by atoms with van der Waals surface area (Å²) in [7, 11) is -3.52. The molecule has 168 valence electrons. The van der Waals surface area contributed by atoms with Crippen LogP contribution in [0.4, 0.5) is 5.69 Å². The molecule has 4 rings (SSSR count). The Morgan fingerprint density at radius 1 is 1.00 bits per heavy atom. The van der Waals surface area contributed by atoms with Crippen LogP contribution in [0.1, 0.15) is 29.8 Å². The maximum Gasteiger partial charge on any atom is 0.243 e. The fourth-order valence-electron chi connectivity index (χ4n) is 4.11. The van der Waals surface area contributed by atoms with Crippen LogP contribution in [0.5, 0.6) is 0 Å². The second-order valence-electron chi connectivity index (χ2n) is 8.17. The van der Waals surface area contributed by atoms with Crippen LogP contribution in [-0.4, -0.2) is 41.5 Å². The van der Waals surface area contributed by atoms with Crippen LogP contribution >= 0.6 is 0 Å². The van der Waals surface area contributed by atoms with E-state index in [4.69, 9.17) is 0 Å². The number of nitrogens with zero attached hydrogens (tertiary/aromatic N) is 3. The second-order valence-corrected chi connectivity index (χ2v) is 10.1. The number of carbonyl (C=O) groups excluding carboxylic acids is 1. The zero-order valence-electron chi connectivity index (χ0n) is 18.4. The molecular formula is C24H28N4O3S. The molecule has 2 aromatic carbocycles. The average molecular weight is 453 g/mol.